The number of hydrogen-bond acceptors (Lipinski definition) is 12. The SMILES string of the molecule is CC(C)C(=O)N1CCN(C2NC(NC3COC3)CC(C(=O)NC[C@H](O)CN3CCC4C(CCC(OCC5OCNC5C)C4Cl)C3)N2)CC1. The lowest BCUT2D eigenvalue weighted by Crippen LogP contribution is -2.73. The van der Waals surface area contributed by atoms with Crippen molar-refractivity contribution >= 4 is 23.4 Å². The molecular weight excluding hydrogens is 640 g/mol. The molecule has 0 radical (unpaired) electrons. The van der Waals surface area contributed by atoms with Gasteiger partial charge < -0.3 is 34.4 Å². The highest BCUT2D eigenvalue weighted by atomic mass is 35.5. The van der Waals surface area contributed by atoms with Gasteiger partial charge in [-0.3, -0.25) is 35.8 Å². The monoisotopic (exact) mass is 698 g/mol. The van der Waals surface area contributed by atoms with Gasteiger partial charge in [-0.05, 0) is 44.6 Å². The molecule has 6 N–H and O–H groups in total. The van der Waals surface area contributed by atoms with Crippen LogP contribution in [0.1, 0.15) is 46.5 Å². The number of carbonyl (C=O) groups excluding carboxylic acids is 2. The van der Waals surface area contributed by atoms with Crippen LogP contribution in [0.4, 0.5) is 0 Å². The third kappa shape index (κ3) is 9.19. The average Bonchev–Trinajstić information content (AvgIpc) is 3.48. The highest BCUT2D eigenvalue weighted by molar-refractivity contribution is 6.21. The van der Waals surface area contributed by atoms with Crippen molar-refractivity contribution in [2.75, 3.05) is 78.9 Å². The summed E-state index contributed by atoms with van der Waals surface area (Å²) in [6.45, 7) is 13.8. The molecule has 2 amide bonds. The molecule has 15 heteroatoms. The molecule has 10 atom stereocenters. The van der Waals surface area contributed by atoms with Crippen LogP contribution in [0, 0.1) is 17.8 Å². The van der Waals surface area contributed by atoms with Crippen LogP contribution in [0.25, 0.3) is 0 Å². The summed E-state index contributed by atoms with van der Waals surface area (Å²) in [5, 5.41) is 28.0. The molecule has 6 rings (SSSR count). The van der Waals surface area contributed by atoms with Crippen molar-refractivity contribution in [3.8, 4) is 0 Å². The van der Waals surface area contributed by atoms with E-state index in [4.69, 9.17) is 25.8 Å². The minimum atomic E-state index is -0.663. The second-order valence-corrected chi connectivity index (χ2v) is 15.6. The van der Waals surface area contributed by atoms with Gasteiger partial charge in [-0.2, -0.15) is 0 Å². The summed E-state index contributed by atoms with van der Waals surface area (Å²) in [6, 6.07) is 0.130. The number of hydrogen-bond donors (Lipinski definition) is 6. The predicted octanol–water partition coefficient (Wildman–Crippen LogP) is -1.13. The number of amides is 2. The Morgan fingerprint density at radius 2 is 1.88 bits per heavy atom. The fourth-order valence-electron chi connectivity index (χ4n) is 8.17. The molecule has 0 aromatic carbocycles. The first-order chi connectivity index (χ1) is 23.1. The van der Waals surface area contributed by atoms with Crippen molar-refractivity contribution in [1.29, 1.82) is 0 Å². The van der Waals surface area contributed by atoms with Crippen LogP contribution in [-0.4, -0.2) is 165 Å². The summed E-state index contributed by atoms with van der Waals surface area (Å²) in [4.78, 5) is 32.5. The predicted molar refractivity (Wildman–Crippen MR) is 181 cm³/mol. The van der Waals surface area contributed by atoms with Gasteiger partial charge in [-0.1, -0.05) is 13.8 Å². The minimum Gasteiger partial charge on any atom is -0.390 e. The number of aliphatic hydroxyl groups is 1. The van der Waals surface area contributed by atoms with Crippen LogP contribution in [0.5, 0.6) is 0 Å². The molecule has 274 valence electrons. The van der Waals surface area contributed by atoms with Crippen molar-refractivity contribution in [2.24, 2.45) is 17.8 Å². The van der Waals surface area contributed by atoms with Crippen molar-refractivity contribution in [3.05, 3.63) is 0 Å². The lowest BCUT2D eigenvalue weighted by atomic mass is 9.73. The molecule has 0 aromatic heterocycles. The molecule has 1 saturated carbocycles. The lowest BCUT2D eigenvalue weighted by Gasteiger charge is -2.47. The maximum atomic E-state index is 13.5. The van der Waals surface area contributed by atoms with Crippen LogP contribution < -0.4 is 26.6 Å². The number of fused-ring (bicyclic) bond motifs is 1. The Kier molecular flexibility index (Phi) is 12.9. The summed E-state index contributed by atoms with van der Waals surface area (Å²) < 4.78 is 17.4. The van der Waals surface area contributed by atoms with E-state index in [1.54, 1.807) is 0 Å². The Bertz CT molecular complexity index is 1070. The first-order valence-corrected chi connectivity index (χ1v) is 18.8. The molecule has 6 fully saturated rings. The van der Waals surface area contributed by atoms with Gasteiger partial charge in [0.25, 0.3) is 0 Å². The summed E-state index contributed by atoms with van der Waals surface area (Å²) in [7, 11) is 0. The number of β-amino-alcohol motifs (C(OH)–C–C–N with tert-alkyl or cyclic N) is 1. The smallest absolute Gasteiger partial charge is 0.237 e. The van der Waals surface area contributed by atoms with Gasteiger partial charge in [0, 0.05) is 64.2 Å². The van der Waals surface area contributed by atoms with Crippen molar-refractivity contribution < 1.29 is 28.9 Å². The fourth-order valence-corrected chi connectivity index (χ4v) is 8.71. The lowest BCUT2D eigenvalue weighted by molar-refractivity contribution is -0.137. The summed E-state index contributed by atoms with van der Waals surface area (Å²) in [6.07, 6.45) is 2.75. The van der Waals surface area contributed by atoms with E-state index in [9.17, 15) is 14.7 Å². The van der Waals surface area contributed by atoms with E-state index in [0.717, 1.165) is 45.4 Å². The molecule has 1 aliphatic carbocycles. The number of rotatable bonds is 12. The van der Waals surface area contributed by atoms with Crippen LogP contribution in [-0.2, 0) is 23.8 Å². The molecule has 6 aliphatic rings. The van der Waals surface area contributed by atoms with Crippen LogP contribution in [0.2, 0.25) is 0 Å². The minimum absolute atomic E-state index is 0.0115. The molecule has 0 bridgehead atoms. The standard InChI is InChI=1S/C33H59ClN8O6/c1-20(2)32(45)41-8-10-42(11-9-41)33-38-26(12-29(39-33)37-23-16-46-17-23)31(44)35-13-24(43)15-40-7-6-25-22(14-40)4-5-27(30(25)34)47-18-28-21(3)36-19-48-28/h20-30,33,36-39,43H,4-19H2,1-3H3,(H,35,44)/t21?,22?,24-,25?,26?,27?,28?,29?,30?,33?/m0/s1. The zero-order valence-corrected chi connectivity index (χ0v) is 29.7. The maximum absolute atomic E-state index is 13.5. The third-order valence-electron chi connectivity index (χ3n) is 11.2. The third-order valence-corrected chi connectivity index (χ3v) is 11.8. The Balaban J connectivity index is 0.939. The van der Waals surface area contributed by atoms with Gasteiger partial charge in [0.1, 0.15) is 6.29 Å². The summed E-state index contributed by atoms with van der Waals surface area (Å²) >= 11 is 6.99. The molecule has 0 spiro atoms. The van der Waals surface area contributed by atoms with E-state index < -0.39 is 12.1 Å². The number of likely N-dealkylation sites (tertiary alicyclic amines) is 1. The van der Waals surface area contributed by atoms with E-state index in [1.807, 2.05) is 18.7 Å². The first-order valence-electron chi connectivity index (χ1n) is 18.3. The van der Waals surface area contributed by atoms with E-state index in [1.165, 1.54) is 0 Å². The first kappa shape index (κ1) is 36.6. The van der Waals surface area contributed by atoms with E-state index in [-0.39, 0.29) is 60.4 Å². The number of carbonyl (C=O) groups is 2. The summed E-state index contributed by atoms with van der Waals surface area (Å²) in [5.74, 6) is 0.948. The average molecular weight is 699 g/mol. The maximum Gasteiger partial charge on any atom is 0.237 e. The number of halogens is 1. The highest BCUT2D eigenvalue weighted by Gasteiger charge is 2.43. The molecule has 0 aromatic rings. The number of alkyl halides is 1. The molecule has 9 unspecified atom stereocenters. The van der Waals surface area contributed by atoms with E-state index in [0.29, 0.717) is 70.5 Å². The zero-order chi connectivity index (χ0) is 33.8. The molecule has 5 aliphatic heterocycles. The molecule has 14 nitrogen and oxygen atoms in total. The number of nitrogens with one attached hydrogen (secondary N) is 5. The van der Waals surface area contributed by atoms with Crippen LogP contribution in [0.15, 0.2) is 0 Å². The number of piperidine rings is 1. The normalized spacial score (nSPS) is 37.6. The molecule has 5 saturated heterocycles. The topological polar surface area (TPSA) is 152 Å². The van der Waals surface area contributed by atoms with Gasteiger partial charge in [-0.25, -0.2) is 0 Å². The Morgan fingerprint density at radius 3 is 2.56 bits per heavy atom. The molecule has 48 heavy (non-hydrogen) atoms. The van der Waals surface area contributed by atoms with Gasteiger partial charge in [0.15, 0.2) is 0 Å². The van der Waals surface area contributed by atoms with Crippen molar-refractivity contribution in [3.63, 3.8) is 0 Å². The fraction of sp³-hybridized carbons (Fsp3) is 0.939. The quantitative estimate of drug-likeness (QED) is 0.137. The van der Waals surface area contributed by atoms with Gasteiger partial charge in [0.2, 0.25) is 11.8 Å². The Morgan fingerprint density at radius 1 is 1.08 bits per heavy atom. The number of piperazine rings is 1. The Hall–Kier alpha value is -1.17. The highest BCUT2D eigenvalue weighted by Crippen LogP contribution is 2.40. The number of ether oxygens (including phenoxy) is 3. The van der Waals surface area contributed by atoms with E-state index >= 15 is 0 Å². The zero-order valence-electron chi connectivity index (χ0n) is 28.9. The second kappa shape index (κ2) is 16.9. The van der Waals surface area contributed by atoms with Gasteiger partial charge in [0.05, 0.1) is 68.5 Å². The largest absolute Gasteiger partial charge is 0.390 e. The van der Waals surface area contributed by atoms with Gasteiger partial charge >= 0.3 is 0 Å². The van der Waals surface area contributed by atoms with Crippen molar-refractivity contribution in [2.45, 2.75) is 101 Å². The van der Waals surface area contributed by atoms with Crippen LogP contribution >= 0.6 is 11.6 Å². The van der Waals surface area contributed by atoms with E-state index in [2.05, 4.69) is 43.3 Å². The molecule has 5 heterocycles. The number of nitrogens with zero attached hydrogens (tertiary/aromatic N) is 3. The van der Waals surface area contributed by atoms with Gasteiger partial charge in [-0.15, -0.1) is 11.6 Å². The molecular formula is C33H59ClN8O6. The Labute approximate surface area is 290 Å². The van der Waals surface area contributed by atoms with Crippen molar-refractivity contribution in [1.82, 2.24) is 41.3 Å². The van der Waals surface area contributed by atoms with Crippen LogP contribution in [0.3, 0.4) is 0 Å². The second-order valence-electron chi connectivity index (χ2n) is 15.1. The summed E-state index contributed by atoms with van der Waals surface area (Å²) in [5.41, 5.74) is 0. The number of aliphatic hydroxyl groups excluding tert-OH is 1.